The Morgan fingerprint density at radius 3 is 2.43 bits per heavy atom. The summed E-state index contributed by atoms with van der Waals surface area (Å²) in [6.07, 6.45) is -0.117. The van der Waals surface area contributed by atoms with Crippen LogP contribution in [0.4, 0.5) is 29.1 Å². The van der Waals surface area contributed by atoms with Crippen molar-refractivity contribution in [2.75, 3.05) is 10.2 Å². The van der Waals surface area contributed by atoms with E-state index >= 15 is 0 Å². The van der Waals surface area contributed by atoms with Crippen LogP contribution in [0.15, 0.2) is 60.9 Å². The van der Waals surface area contributed by atoms with Crippen LogP contribution in [-0.4, -0.2) is 32.5 Å². The number of aromatic nitrogens is 3. The van der Waals surface area contributed by atoms with Crippen molar-refractivity contribution in [1.29, 1.82) is 0 Å². The van der Waals surface area contributed by atoms with Crippen molar-refractivity contribution in [3.05, 3.63) is 83.6 Å². The standard InChI is InChI=1S/C27H25F4N5O/c1-16-6-7-17(2)36(16)24-9-8-22(14-32-24)34-26(37)23-12-19-11-20(27(29,30)31)13-33-25(19)35(23)15-18-4-3-5-21(28)10-18/h3-5,8-14,16-17H,6-7,15H2,1-2H3,(H,34,37). The van der Waals surface area contributed by atoms with Gasteiger partial charge in [0.05, 0.1) is 17.4 Å². The summed E-state index contributed by atoms with van der Waals surface area (Å²) < 4.78 is 55.1. The molecule has 1 aliphatic rings. The van der Waals surface area contributed by atoms with Gasteiger partial charge in [-0.05, 0) is 68.7 Å². The van der Waals surface area contributed by atoms with Crippen molar-refractivity contribution in [2.24, 2.45) is 0 Å². The fraction of sp³-hybridized carbons (Fsp3) is 0.296. The smallest absolute Gasteiger partial charge is 0.351 e. The Balaban J connectivity index is 1.47. The highest BCUT2D eigenvalue weighted by molar-refractivity contribution is 6.06. The molecule has 4 aromatic rings. The molecule has 192 valence electrons. The molecule has 0 saturated carbocycles. The lowest BCUT2D eigenvalue weighted by atomic mass is 10.2. The lowest BCUT2D eigenvalue weighted by Gasteiger charge is -2.27. The second kappa shape index (κ2) is 9.49. The van der Waals surface area contributed by atoms with E-state index < -0.39 is 23.5 Å². The fourth-order valence-corrected chi connectivity index (χ4v) is 4.92. The third kappa shape index (κ3) is 5.00. The molecule has 2 atom stereocenters. The third-order valence-corrected chi connectivity index (χ3v) is 6.75. The molecule has 1 saturated heterocycles. The van der Waals surface area contributed by atoms with E-state index in [1.54, 1.807) is 18.3 Å². The van der Waals surface area contributed by atoms with Crippen molar-refractivity contribution in [3.8, 4) is 0 Å². The van der Waals surface area contributed by atoms with Crippen LogP contribution in [0, 0.1) is 5.82 Å². The first-order valence-electron chi connectivity index (χ1n) is 12.0. The minimum Gasteiger partial charge on any atom is -0.351 e. The van der Waals surface area contributed by atoms with Gasteiger partial charge < -0.3 is 14.8 Å². The number of carbonyl (C=O) groups is 1. The van der Waals surface area contributed by atoms with Gasteiger partial charge in [-0.25, -0.2) is 14.4 Å². The first-order valence-corrected chi connectivity index (χ1v) is 12.0. The van der Waals surface area contributed by atoms with Crippen LogP contribution < -0.4 is 10.2 Å². The van der Waals surface area contributed by atoms with Gasteiger partial charge in [-0.3, -0.25) is 4.79 Å². The van der Waals surface area contributed by atoms with E-state index in [-0.39, 0.29) is 23.3 Å². The van der Waals surface area contributed by atoms with Gasteiger partial charge in [0.1, 0.15) is 23.0 Å². The van der Waals surface area contributed by atoms with Crippen LogP contribution in [0.5, 0.6) is 0 Å². The molecular weight excluding hydrogens is 486 g/mol. The molecule has 0 spiro atoms. The van der Waals surface area contributed by atoms with Gasteiger partial charge in [-0.1, -0.05) is 12.1 Å². The summed E-state index contributed by atoms with van der Waals surface area (Å²) in [5, 5.41) is 2.93. The Morgan fingerprint density at radius 2 is 1.78 bits per heavy atom. The maximum Gasteiger partial charge on any atom is 0.417 e. The number of halogens is 4. The number of pyridine rings is 2. The van der Waals surface area contributed by atoms with Gasteiger partial charge in [-0.2, -0.15) is 13.2 Å². The van der Waals surface area contributed by atoms with Gasteiger partial charge >= 0.3 is 6.18 Å². The summed E-state index contributed by atoms with van der Waals surface area (Å²) in [5.74, 6) is -0.180. The van der Waals surface area contributed by atoms with Crippen molar-refractivity contribution in [2.45, 2.75) is 51.5 Å². The first-order chi connectivity index (χ1) is 17.6. The van der Waals surface area contributed by atoms with Gasteiger partial charge in [-0.15, -0.1) is 0 Å². The van der Waals surface area contributed by atoms with Crippen LogP contribution >= 0.6 is 0 Å². The fourth-order valence-electron chi connectivity index (χ4n) is 4.92. The first kappa shape index (κ1) is 24.7. The molecule has 0 aliphatic carbocycles. The van der Waals surface area contributed by atoms with E-state index in [0.717, 1.165) is 30.9 Å². The molecule has 4 heterocycles. The molecule has 1 amide bonds. The molecule has 3 aromatic heterocycles. The molecule has 1 aromatic carbocycles. The Bertz CT molecular complexity index is 1440. The predicted octanol–water partition coefficient (Wildman–Crippen LogP) is 6.27. The zero-order chi connectivity index (χ0) is 26.3. The molecular formula is C27H25F4N5O. The average molecular weight is 512 g/mol. The summed E-state index contributed by atoms with van der Waals surface area (Å²) >= 11 is 0. The van der Waals surface area contributed by atoms with Gasteiger partial charge in [0, 0.05) is 30.2 Å². The topological polar surface area (TPSA) is 63.1 Å². The van der Waals surface area contributed by atoms with E-state index in [2.05, 4.69) is 34.0 Å². The summed E-state index contributed by atoms with van der Waals surface area (Å²) in [6, 6.07) is 12.4. The minimum absolute atomic E-state index is 0.0459. The molecule has 0 radical (unpaired) electrons. The number of nitrogens with one attached hydrogen (secondary N) is 1. The monoisotopic (exact) mass is 511 g/mol. The number of hydrogen-bond acceptors (Lipinski definition) is 4. The third-order valence-electron chi connectivity index (χ3n) is 6.75. The zero-order valence-corrected chi connectivity index (χ0v) is 20.3. The maximum atomic E-state index is 13.8. The van der Waals surface area contributed by atoms with Crippen molar-refractivity contribution in [3.63, 3.8) is 0 Å². The SMILES string of the molecule is CC1CCC(C)N1c1ccc(NC(=O)c2cc3cc(C(F)(F)F)cnc3n2Cc2cccc(F)c2)cn1. The summed E-state index contributed by atoms with van der Waals surface area (Å²) in [4.78, 5) is 24.0. The minimum atomic E-state index is -4.58. The zero-order valence-electron chi connectivity index (χ0n) is 20.3. The van der Waals surface area contributed by atoms with Gasteiger partial charge in [0.25, 0.3) is 5.91 Å². The van der Waals surface area contributed by atoms with E-state index in [0.29, 0.717) is 23.3 Å². The number of amides is 1. The quantitative estimate of drug-likeness (QED) is 0.321. The molecule has 0 bridgehead atoms. The molecule has 37 heavy (non-hydrogen) atoms. The number of benzene rings is 1. The van der Waals surface area contributed by atoms with E-state index in [1.165, 1.54) is 28.8 Å². The Morgan fingerprint density at radius 1 is 1.03 bits per heavy atom. The molecule has 5 rings (SSSR count). The second-order valence-electron chi connectivity index (χ2n) is 9.42. The summed E-state index contributed by atoms with van der Waals surface area (Å²) in [5.41, 5.74) is 0.345. The summed E-state index contributed by atoms with van der Waals surface area (Å²) in [7, 11) is 0. The Hall–Kier alpha value is -3.95. The number of alkyl halides is 3. The van der Waals surface area contributed by atoms with Crippen molar-refractivity contribution >= 4 is 28.4 Å². The molecule has 1 aliphatic heterocycles. The van der Waals surface area contributed by atoms with Crippen LogP contribution in [0.2, 0.25) is 0 Å². The van der Waals surface area contributed by atoms with Gasteiger partial charge in [0.15, 0.2) is 0 Å². The number of fused-ring (bicyclic) bond motifs is 1. The number of nitrogens with zero attached hydrogens (tertiary/aromatic N) is 4. The number of anilines is 2. The number of rotatable bonds is 5. The van der Waals surface area contributed by atoms with Crippen LogP contribution in [0.1, 0.15) is 48.3 Å². The predicted molar refractivity (Wildman–Crippen MR) is 133 cm³/mol. The van der Waals surface area contributed by atoms with Crippen molar-refractivity contribution < 1.29 is 22.4 Å². The second-order valence-corrected chi connectivity index (χ2v) is 9.42. The molecule has 2 unspecified atom stereocenters. The normalized spacial score (nSPS) is 17.9. The van der Waals surface area contributed by atoms with Gasteiger partial charge in [0.2, 0.25) is 0 Å². The highest BCUT2D eigenvalue weighted by Crippen LogP contribution is 2.32. The largest absolute Gasteiger partial charge is 0.417 e. The highest BCUT2D eigenvalue weighted by atomic mass is 19.4. The Kier molecular flexibility index (Phi) is 6.35. The maximum absolute atomic E-state index is 13.8. The molecule has 6 nitrogen and oxygen atoms in total. The number of carbonyl (C=O) groups excluding carboxylic acids is 1. The highest BCUT2D eigenvalue weighted by Gasteiger charge is 2.32. The van der Waals surface area contributed by atoms with Crippen LogP contribution in [0.25, 0.3) is 11.0 Å². The lowest BCUT2D eigenvalue weighted by Crippen LogP contribution is -2.33. The van der Waals surface area contributed by atoms with E-state index in [9.17, 15) is 22.4 Å². The molecule has 1 N–H and O–H groups in total. The number of hydrogen-bond donors (Lipinski definition) is 1. The molecule has 1 fully saturated rings. The average Bonchev–Trinajstić information content (AvgIpc) is 3.38. The van der Waals surface area contributed by atoms with E-state index in [1.807, 2.05) is 6.07 Å². The van der Waals surface area contributed by atoms with Crippen LogP contribution in [0.3, 0.4) is 0 Å². The molecule has 10 heteroatoms. The van der Waals surface area contributed by atoms with Crippen molar-refractivity contribution in [1.82, 2.24) is 14.5 Å². The lowest BCUT2D eigenvalue weighted by molar-refractivity contribution is -0.137. The van der Waals surface area contributed by atoms with E-state index in [4.69, 9.17) is 0 Å². The summed E-state index contributed by atoms with van der Waals surface area (Å²) in [6.45, 7) is 4.34. The Labute approximate surface area is 210 Å². The van der Waals surface area contributed by atoms with Crippen LogP contribution in [-0.2, 0) is 12.7 Å².